The van der Waals surface area contributed by atoms with E-state index in [9.17, 15) is 0 Å². The van der Waals surface area contributed by atoms with Crippen LogP contribution in [0.2, 0.25) is 0 Å². The fourth-order valence-corrected chi connectivity index (χ4v) is 0.521. The van der Waals surface area contributed by atoms with E-state index in [1.54, 1.807) is 6.08 Å². The Bertz CT molecular complexity index is 89.8. The number of hydrogen-bond acceptors (Lipinski definition) is 3. The lowest BCUT2D eigenvalue weighted by Crippen LogP contribution is -1.84. The van der Waals surface area contributed by atoms with Gasteiger partial charge in [0.1, 0.15) is 12.4 Å². The predicted octanol–water partition coefficient (Wildman–Crippen LogP) is -0.133. The zero-order valence-electron chi connectivity index (χ0n) is 4.46. The standard InChI is InChI=1S/C5H8O3/c6-2-1-5-3-7-4-8-5/h1,6H,2-4H2. The molecule has 0 aromatic heterocycles. The van der Waals surface area contributed by atoms with Gasteiger partial charge in [-0.1, -0.05) is 0 Å². The molecule has 0 aliphatic carbocycles. The lowest BCUT2D eigenvalue weighted by atomic mass is 10.5. The van der Waals surface area contributed by atoms with E-state index in [2.05, 4.69) is 0 Å². The van der Waals surface area contributed by atoms with Gasteiger partial charge in [-0.2, -0.15) is 0 Å². The monoisotopic (exact) mass is 116 g/mol. The van der Waals surface area contributed by atoms with E-state index in [-0.39, 0.29) is 6.61 Å². The Hall–Kier alpha value is -0.540. The first-order chi connectivity index (χ1) is 3.93. The lowest BCUT2D eigenvalue weighted by Gasteiger charge is -1.89. The molecule has 1 saturated heterocycles. The van der Waals surface area contributed by atoms with Crippen molar-refractivity contribution in [3.63, 3.8) is 0 Å². The van der Waals surface area contributed by atoms with Crippen molar-refractivity contribution in [3.05, 3.63) is 11.8 Å². The second-order valence-corrected chi connectivity index (χ2v) is 1.46. The maximum absolute atomic E-state index is 8.31. The molecule has 3 heteroatoms. The number of hydrogen-bond donors (Lipinski definition) is 1. The SMILES string of the molecule is OCC=C1COCO1. The van der Waals surface area contributed by atoms with Gasteiger partial charge in [-0.15, -0.1) is 0 Å². The molecule has 0 aromatic rings. The quantitative estimate of drug-likeness (QED) is 0.518. The van der Waals surface area contributed by atoms with Crippen LogP contribution >= 0.6 is 0 Å². The van der Waals surface area contributed by atoms with E-state index >= 15 is 0 Å². The van der Waals surface area contributed by atoms with Gasteiger partial charge in [-0.25, -0.2) is 0 Å². The summed E-state index contributed by atoms with van der Waals surface area (Å²) in [6.07, 6.45) is 1.59. The second kappa shape index (κ2) is 2.69. The van der Waals surface area contributed by atoms with Crippen molar-refractivity contribution in [2.24, 2.45) is 0 Å². The second-order valence-electron chi connectivity index (χ2n) is 1.46. The average molecular weight is 116 g/mol. The molecule has 1 fully saturated rings. The normalized spacial score (nSPS) is 23.9. The summed E-state index contributed by atoms with van der Waals surface area (Å²) in [4.78, 5) is 0. The van der Waals surface area contributed by atoms with Crippen LogP contribution in [0.4, 0.5) is 0 Å². The van der Waals surface area contributed by atoms with Crippen LogP contribution in [0.3, 0.4) is 0 Å². The first-order valence-corrected chi connectivity index (χ1v) is 2.44. The van der Waals surface area contributed by atoms with Gasteiger partial charge < -0.3 is 14.6 Å². The Balaban J connectivity index is 2.33. The van der Waals surface area contributed by atoms with Crippen molar-refractivity contribution < 1.29 is 14.6 Å². The number of aliphatic hydroxyl groups excluding tert-OH is 1. The summed E-state index contributed by atoms with van der Waals surface area (Å²) in [6.45, 7) is 0.852. The van der Waals surface area contributed by atoms with Gasteiger partial charge in [0.15, 0.2) is 6.79 Å². The molecule has 46 valence electrons. The predicted molar refractivity (Wildman–Crippen MR) is 27.1 cm³/mol. The molecule has 1 heterocycles. The lowest BCUT2D eigenvalue weighted by molar-refractivity contribution is 0.0797. The Kier molecular flexibility index (Phi) is 1.88. The smallest absolute Gasteiger partial charge is 0.189 e. The molecular formula is C5H8O3. The van der Waals surface area contributed by atoms with Crippen molar-refractivity contribution >= 4 is 0 Å². The molecule has 0 bridgehead atoms. The van der Waals surface area contributed by atoms with E-state index in [0.29, 0.717) is 13.4 Å². The van der Waals surface area contributed by atoms with Crippen LogP contribution in [0, 0.1) is 0 Å². The van der Waals surface area contributed by atoms with Gasteiger partial charge >= 0.3 is 0 Å². The van der Waals surface area contributed by atoms with Gasteiger partial charge in [-0.05, 0) is 6.08 Å². The van der Waals surface area contributed by atoms with E-state index < -0.39 is 0 Å². The Morgan fingerprint density at radius 2 is 2.62 bits per heavy atom. The van der Waals surface area contributed by atoms with Gasteiger partial charge in [-0.3, -0.25) is 0 Å². The van der Waals surface area contributed by atoms with E-state index in [1.165, 1.54) is 0 Å². The molecule has 1 rings (SSSR count). The molecule has 0 saturated carbocycles. The summed E-state index contributed by atoms with van der Waals surface area (Å²) in [5.74, 6) is 0.729. The van der Waals surface area contributed by atoms with Crippen molar-refractivity contribution in [2.45, 2.75) is 0 Å². The highest BCUT2D eigenvalue weighted by Gasteiger charge is 2.04. The molecule has 0 atom stereocenters. The molecule has 1 N–H and O–H groups in total. The van der Waals surface area contributed by atoms with Crippen molar-refractivity contribution in [2.75, 3.05) is 20.0 Å². The van der Waals surface area contributed by atoms with Gasteiger partial charge in [0, 0.05) is 0 Å². The van der Waals surface area contributed by atoms with E-state index in [4.69, 9.17) is 14.6 Å². The molecule has 0 radical (unpaired) electrons. The molecule has 3 nitrogen and oxygen atoms in total. The van der Waals surface area contributed by atoms with Crippen LogP contribution in [0.5, 0.6) is 0 Å². The van der Waals surface area contributed by atoms with Crippen LogP contribution < -0.4 is 0 Å². The van der Waals surface area contributed by atoms with Crippen LogP contribution in [-0.4, -0.2) is 25.1 Å². The summed E-state index contributed by atoms with van der Waals surface area (Å²) in [6, 6.07) is 0. The Morgan fingerprint density at radius 3 is 3.12 bits per heavy atom. The number of ether oxygens (including phenoxy) is 2. The summed E-state index contributed by atoms with van der Waals surface area (Å²) in [7, 11) is 0. The van der Waals surface area contributed by atoms with E-state index in [1.807, 2.05) is 0 Å². The zero-order chi connectivity index (χ0) is 5.82. The highest BCUT2D eigenvalue weighted by molar-refractivity contribution is 4.94. The summed E-state index contributed by atoms with van der Waals surface area (Å²) >= 11 is 0. The Morgan fingerprint density at radius 1 is 1.75 bits per heavy atom. The van der Waals surface area contributed by atoms with E-state index in [0.717, 1.165) is 5.76 Å². The van der Waals surface area contributed by atoms with Crippen LogP contribution in [0.25, 0.3) is 0 Å². The third kappa shape index (κ3) is 1.21. The molecule has 8 heavy (non-hydrogen) atoms. The summed E-state index contributed by atoms with van der Waals surface area (Å²) in [5.41, 5.74) is 0. The first kappa shape index (κ1) is 5.59. The minimum Gasteiger partial charge on any atom is -0.470 e. The molecule has 0 spiro atoms. The maximum Gasteiger partial charge on any atom is 0.189 e. The van der Waals surface area contributed by atoms with Crippen LogP contribution in [0.1, 0.15) is 0 Å². The molecule has 1 aliphatic heterocycles. The highest BCUT2D eigenvalue weighted by Crippen LogP contribution is 2.04. The number of aliphatic hydroxyl groups is 1. The third-order valence-corrected chi connectivity index (χ3v) is 0.891. The van der Waals surface area contributed by atoms with Crippen molar-refractivity contribution in [1.82, 2.24) is 0 Å². The van der Waals surface area contributed by atoms with Gasteiger partial charge in [0.2, 0.25) is 0 Å². The van der Waals surface area contributed by atoms with Crippen molar-refractivity contribution in [3.8, 4) is 0 Å². The largest absolute Gasteiger partial charge is 0.470 e. The molecule has 0 amide bonds. The zero-order valence-corrected chi connectivity index (χ0v) is 4.46. The molecule has 0 aromatic carbocycles. The minimum absolute atomic E-state index is 0.0265. The maximum atomic E-state index is 8.31. The minimum atomic E-state index is 0.0265. The third-order valence-electron chi connectivity index (χ3n) is 0.891. The van der Waals surface area contributed by atoms with Crippen LogP contribution in [0.15, 0.2) is 11.8 Å². The summed E-state index contributed by atoms with van der Waals surface area (Å²) in [5, 5.41) is 8.31. The van der Waals surface area contributed by atoms with Crippen molar-refractivity contribution in [1.29, 1.82) is 0 Å². The van der Waals surface area contributed by atoms with Gasteiger partial charge in [0.25, 0.3) is 0 Å². The molecule has 1 aliphatic rings. The average Bonchev–Trinajstić information content (AvgIpc) is 2.19. The topological polar surface area (TPSA) is 38.7 Å². The van der Waals surface area contributed by atoms with Gasteiger partial charge in [0.05, 0.1) is 6.61 Å². The molecular weight excluding hydrogens is 108 g/mol. The number of rotatable bonds is 1. The fourth-order valence-electron chi connectivity index (χ4n) is 0.521. The van der Waals surface area contributed by atoms with Crippen LogP contribution in [-0.2, 0) is 9.47 Å². The molecule has 0 unspecified atom stereocenters. The summed E-state index contributed by atoms with van der Waals surface area (Å²) < 4.78 is 9.68. The first-order valence-electron chi connectivity index (χ1n) is 2.44. The fraction of sp³-hybridized carbons (Fsp3) is 0.600. The Labute approximate surface area is 47.5 Å². The highest BCUT2D eigenvalue weighted by atomic mass is 16.7.